The number of ether oxygens (including phenoxy) is 1. The number of nitrogens with one attached hydrogen (secondary N) is 1. The minimum Gasteiger partial charge on any atom is -0.488 e. The molecule has 1 aliphatic carbocycles. The molecule has 1 aliphatic heterocycles. The Bertz CT molecular complexity index is 1530. The number of para-hydroxylation sites is 1. The Kier molecular flexibility index (Phi) is 7.29. The van der Waals surface area contributed by atoms with E-state index >= 15 is 0 Å². The van der Waals surface area contributed by atoms with Crippen molar-refractivity contribution in [1.29, 1.82) is 0 Å². The largest absolute Gasteiger partial charge is 0.488 e. The van der Waals surface area contributed by atoms with Gasteiger partial charge in [-0.1, -0.05) is 71.8 Å². The second-order valence-electron chi connectivity index (χ2n) is 9.63. The van der Waals surface area contributed by atoms with E-state index in [0.717, 1.165) is 33.5 Å². The molecule has 6 heteroatoms. The fourth-order valence-electron chi connectivity index (χ4n) is 5.30. The summed E-state index contributed by atoms with van der Waals surface area (Å²) in [5.74, 6) is 1.75. The van der Waals surface area contributed by atoms with E-state index in [0.29, 0.717) is 28.5 Å². The molecule has 2 aliphatic rings. The van der Waals surface area contributed by atoms with Crippen LogP contribution in [0.2, 0.25) is 10.0 Å². The Morgan fingerprint density at radius 2 is 1.82 bits per heavy atom. The van der Waals surface area contributed by atoms with Gasteiger partial charge in [-0.25, -0.2) is 0 Å². The summed E-state index contributed by atoms with van der Waals surface area (Å²) < 4.78 is 6.81. The van der Waals surface area contributed by atoms with Crippen LogP contribution in [0.15, 0.2) is 107 Å². The number of anilines is 1. The number of benzene rings is 4. The Hall–Kier alpha value is -3.05. The number of hydrogen-bond acceptors (Lipinski definition) is 3. The van der Waals surface area contributed by atoms with E-state index in [-0.39, 0.29) is 6.04 Å². The fourth-order valence-corrected chi connectivity index (χ4v) is 6.27. The van der Waals surface area contributed by atoms with Crippen molar-refractivity contribution in [2.45, 2.75) is 25.0 Å². The van der Waals surface area contributed by atoms with Crippen LogP contribution in [0.3, 0.4) is 0 Å². The normalized spacial score (nSPS) is 19.7. The molecule has 0 unspecified atom stereocenters. The van der Waals surface area contributed by atoms with Crippen molar-refractivity contribution < 1.29 is 4.74 Å². The summed E-state index contributed by atoms with van der Waals surface area (Å²) in [6, 6.07) is 28.8. The van der Waals surface area contributed by atoms with Crippen molar-refractivity contribution in [3.8, 4) is 5.75 Å². The van der Waals surface area contributed by atoms with Gasteiger partial charge in [0.15, 0.2) is 0 Å². The molecular weight excluding hydrogens is 579 g/mol. The van der Waals surface area contributed by atoms with Gasteiger partial charge in [-0.15, -0.1) is 0 Å². The van der Waals surface area contributed by atoms with Crippen molar-refractivity contribution in [2.75, 3.05) is 5.32 Å². The first-order valence-electron chi connectivity index (χ1n) is 12.6. The summed E-state index contributed by atoms with van der Waals surface area (Å²) in [6.07, 6.45) is 7.66. The molecule has 1 N–H and O–H groups in total. The van der Waals surface area contributed by atoms with Gasteiger partial charge in [0.1, 0.15) is 12.4 Å². The fraction of sp³-hybridized carbons (Fsp3) is 0.156. The van der Waals surface area contributed by atoms with Crippen molar-refractivity contribution in [1.82, 2.24) is 0 Å². The first-order valence-corrected chi connectivity index (χ1v) is 14.1. The Morgan fingerprint density at radius 1 is 0.974 bits per heavy atom. The zero-order valence-corrected chi connectivity index (χ0v) is 23.5. The maximum absolute atomic E-state index is 6.26. The molecule has 1 heterocycles. The summed E-state index contributed by atoms with van der Waals surface area (Å²) in [5.41, 5.74) is 6.71. The highest BCUT2D eigenvalue weighted by molar-refractivity contribution is 9.10. The standard InChI is InChI=1S/C32H25BrCl2N2O/c33-28-16-20(8-15-31(28)38-19-22-9-12-23(34)17-29(22)35)18-36-24-13-10-21(11-14-24)32-27-6-3-5-25(27)26-4-1-2-7-30(26)37-32/h1-5,7-18,25,27,32,37H,6,19H2/t25-,27-,32-/m0/s1. The molecule has 38 heavy (non-hydrogen) atoms. The zero-order valence-electron chi connectivity index (χ0n) is 20.5. The average molecular weight is 604 g/mol. The number of hydrogen-bond donors (Lipinski definition) is 1. The average Bonchev–Trinajstić information content (AvgIpc) is 3.43. The van der Waals surface area contributed by atoms with Gasteiger partial charge in [0.2, 0.25) is 0 Å². The molecule has 0 aromatic heterocycles. The number of aliphatic imine (C=N–C) groups is 1. The van der Waals surface area contributed by atoms with Crippen LogP contribution < -0.4 is 10.1 Å². The van der Waals surface area contributed by atoms with Gasteiger partial charge in [0.05, 0.1) is 16.2 Å². The Labute approximate surface area is 241 Å². The highest BCUT2D eigenvalue weighted by atomic mass is 79.9. The van der Waals surface area contributed by atoms with Crippen molar-refractivity contribution in [3.63, 3.8) is 0 Å². The lowest BCUT2D eigenvalue weighted by molar-refractivity contribution is 0.304. The first-order chi connectivity index (χ1) is 18.5. The predicted octanol–water partition coefficient (Wildman–Crippen LogP) is 9.91. The number of rotatable bonds is 6. The Morgan fingerprint density at radius 3 is 2.63 bits per heavy atom. The SMILES string of the molecule is Clc1ccc(COc2ccc(C=Nc3ccc([C@@H]4Nc5ccccc5[C@@H]5C=CC[C@@H]54)cc3)cc2Br)c(Cl)c1. The third-order valence-electron chi connectivity index (χ3n) is 7.24. The Balaban J connectivity index is 1.12. The molecule has 0 radical (unpaired) electrons. The van der Waals surface area contributed by atoms with Gasteiger partial charge >= 0.3 is 0 Å². The van der Waals surface area contributed by atoms with Crippen molar-refractivity contribution >= 4 is 56.7 Å². The summed E-state index contributed by atoms with van der Waals surface area (Å²) >= 11 is 15.8. The number of allylic oxidation sites excluding steroid dienone is 2. The molecule has 190 valence electrons. The molecule has 0 saturated carbocycles. The highest BCUT2D eigenvalue weighted by Gasteiger charge is 2.37. The van der Waals surface area contributed by atoms with Crippen molar-refractivity contribution in [3.05, 3.63) is 134 Å². The molecule has 0 amide bonds. The lowest BCUT2D eigenvalue weighted by Gasteiger charge is -2.37. The van der Waals surface area contributed by atoms with Crippen LogP contribution in [0.5, 0.6) is 5.75 Å². The van der Waals surface area contributed by atoms with Gasteiger partial charge in [0, 0.05) is 33.4 Å². The van der Waals surface area contributed by atoms with E-state index < -0.39 is 0 Å². The van der Waals surface area contributed by atoms with E-state index in [2.05, 4.69) is 81.9 Å². The molecule has 0 fully saturated rings. The van der Waals surface area contributed by atoms with E-state index in [1.54, 1.807) is 12.1 Å². The lowest BCUT2D eigenvalue weighted by Crippen LogP contribution is -2.28. The van der Waals surface area contributed by atoms with Crippen LogP contribution in [0, 0.1) is 5.92 Å². The zero-order chi connectivity index (χ0) is 26.1. The summed E-state index contributed by atoms with van der Waals surface area (Å²) in [6.45, 7) is 0.355. The van der Waals surface area contributed by atoms with Crippen LogP contribution in [0.1, 0.15) is 40.6 Å². The molecule has 0 spiro atoms. The number of halogens is 3. The molecular formula is C32H25BrCl2N2O. The van der Waals surface area contributed by atoms with Gasteiger partial charge < -0.3 is 10.1 Å². The molecule has 4 aromatic carbocycles. The lowest BCUT2D eigenvalue weighted by atomic mass is 9.77. The van der Waals surface area contributed by atoms with Gasteiger partial charge in [0.25, 0.3) is 0 Å². The van der Waals surface area contributed by atoms with Crippen LogP contribution in [-0.4, -0.2) is 6.21 Å². The number of fused-ring (bicyclic) bond motifs is 3. The third kappa shape index (κ3) is 5.26. The topological polar surface area (TPSA) is 33.6 Å². The highest BCUT2D eigenvalue weighted by Crippen LogP contribution is 2.49. The second kappa shape index (κ2) is 11.0. The minimum atomic E-state index is 0.286. The van der Waals surface area contributed by atoms with Gasteiger partial charge in [-0.3, -0.25) is 4.99 Å². The molecule has 4 aromatic rings. The molecule has 3 atom stereocenters. The van der Waals surface area contributed by atoms with Gasteiger partial charge in [-0.2, -0.15) is 0 Å². The predicted molar refractivity (Wildman–Crippen MR) is 161 cm³/mol. The number of nitrogens with zero attached hydrogens (tertiary/aromatic N) is 1. The van der Waals surface area contributed by atoms with E-state index in [1.807, 2.05) is 30.5 Å². The van der Waals surface area contributed by atoms with Gasteiger partial charge in [-0.05, 0) is 93.5 Å². The van der Waals surface area contributed by atoms with Crippen LogP contribution >= 0.6 is 39.1 Å². The maximum atomic E-state index is 6.26. The monoisotopic (exact) mass is 602 g/mol. The smallest absolute Gasteiger partial charge is 0.134 e. The van der Waals surface area contributed by atoms with E-state index in [4.69, 9.17) is 32.9 Å². The van der Waals surface area contributed by atoms with Crippen molar-refractivity contribution in [2.24, 2.45) is 10.9 Å². The molecule has 3 nitrogen and oxygen atoms in total. The third-order valence-corrected chi connectivity index (χ3v) is 8.45. The van der Waals surface area contributed by atoms with E-state index in [1.165, 1.54) is 16.8 Å². The van der Waals surface area contributed by atoms with Crippen LogP contribution in [0.4, 0.5) is 11.4 Å². The molecule has 6 rings (SSSR count). The molecule has 0 bridgehead atoms. The molecule has 0 saturated heterocycles. The quantitative estimate of drug-likeness (QED) is 0.176. The summed E-state index contributed by atoms with van der Waals surface area (Å²) in [7, 11) is 0. The summed E-state index contributed by atoms with van der Waals surface area (Å²) in [4.78, 5) is 4.70. The minimum absolute atomic E-state index is 0.286. The maximum Gasteiger partial charge on any atom is 0.134 e. The van der Waals surface area contributed by atoms with Crippen LogP contribution in [-0.2, 0) is 6.61 Å². The van der Waals surface area contributed by atoms with E-state index in [9.17, 15) is 0 Å². The first kappa shape index (κ1) is 25.2. The summed E-state index contributed by atoms with van der Waals surface area (Å²) in [5, 5.41) is 4.99. The second-order valence-corrected chi connectivity index (χ2v) is 11.3. The van der Waals surface area contributed by atoms with Crippen LogP contribution in [0.25, 0.3) is 0 Å².